The SMILES string of the molecule is CCNC(=NCCN(CC)C1CC1)N(C)CCC1CCOCC1. The minimum atomic E-state index is 0.819. The van der Waals surface area contributed by atoms with Gasteiger partial charge < -0.3 is 15.0 Å². The number of rotatable bonds is 9. The molecule has 1 N–H and O–H groups in total. The van der Waals surface area contributed by atoms with Crippen molar-refractivity contribution < 1.29 is 4.74 Å². The topological polar surface area (TPSA) is 40.1 Å². The number of aliphatic imine (C=N–C) groups is 1. The molecular formula is C18H36N4O. The van der Waals surface area contributed by atoms with Crippen molar-refractivity contribution >= 4 is 5.96 Å². The Morgan fingerprint density at radius 3 is 2.48 bits per heavy atom. The van der Waals surface area contributed by atoms with E-state index in [0.717, 1.165) is 63.9 Å². The lowest BCUT2D eigenvalue weighted by Gasteiger charge is -2.27. The summed E-state index contributed by atoms with van der Waals surface area (Å²) in [6.07, 6.45) is 6.43. The third kappa shape index (κ3) is 6.68. The van der Waals surface area contributed by atoms with Gasteiger partial charge in [0, 0.05) is 45.9 Å². The summed E-state index contributed by atoms with van der Waals surface area (Å²) in [6.45, 7) is 11.4. The third-order valence-electron chi connectivity index (χ3n) is 5.03. The molecule has 0 unspecified atom stereocenters. The molecule has 0 aromatic heterocycles. The van der Waals surface area contributed by atoms with Gasteiger partial charge in [0.05, 0.1) is 6.54 Å². The lowest BCUT2D eigenvalue weighted by atomic mass is 9.96. The second-order valence-corrected chi connectivity index (χ2v) is 6.86. The largest absolute Gasteiger partial charge is 0.381 e. The monoisotopic (exact) mass is 324 g/mol. The molecule has 0 spiro atoms. The average molecular weight is 325 g/mol. The summed E-state index contributed by atoms with van der Waals surface area (Å²) in [4.78, 5) is 9.70. The molecule has 0 bridgehead atoms. The Kier molecular flexibility index (Phi) is 8.17. The summed E-state index contributed by atoms with van der Waals surface area (Å²) in [5, 5.41) is 3.44. The van der Waals surface area contributed by atoms with E-state index in [1.807, 2.05) is 0 Å². The van der Waals surface area contributed by atoms with Crippen molar-refractivity contribution in [2.75, 3.05) is 53.0 Å². The molecule has 1 saturated heterocycles. The van der Waals surface area contributed by atoms with Gasteiger partial charge in [0.1, 0.15) is 0 Å². The van der Waals surface area contributed by atoms with E-state index in [1.54, 1.807) is 0 Å². The number of likely N-dealkylation sites (N-methyl/N-ethyl adjacent to an activating group) is 1. The molecule has 0 atom stereocenters. The van der Waals surface area contributed by atoms with Crippen LogP contribution in [0, 0.1) is 5.92 Å². The number of guanidine groups is 1. The van der Waals surface area contributed by atoms with Gasteiger partial charge in [-0.05, 0) is 51.5 Å². The molecule has 134 valence electrons. The van der Waals surface area contributed by atoms with Crippen LogP contribution in [-0.2, 0) is 4.74 Å². The third-order valence-corrected chi connectivity index (χ3v) is 5.03. The van der Waals surface area contributed by atoms with E-state index in [1.165, 1.54) is 32.1 Å². The smallest absolute Gasteiger partial charge is 0.193 e. The Hall–Kier alpha value is -0.810. The quantitative estimate of drug-likeness (QED) is 0.521. The van der Waals surface area contributed by atoms with E-state index in [4.69, 9.17) is 9.73 Å². The molecule has 0 aromatic carbocycles. The highest BCUT2D eigenvalue weighted by molar-refractivity contribution is 5.79. The summed E-state index contributed by atoms with van der Waals surface area (Å²) >= 11 is 0. The summed E-state index contributed by atoms with van der Waals surface area (Å²) in [5.41, 5.74) is 0. The van der Waals surface area contributed by atoms with E-state index in [9.17, 15) is 0 Å². The van der Waals surface area contributed by atoms with Crippen molar-refractivity contribution in [2.24, 2.45) is 10.9 Å². The van der Waals surface area contributed by atoms with Crippen LogP contribution in [0.15, 0.2) is 4.99 Å². The first kappa shape index (κ1) is 18.5. The Balaban J connectivity index is 1.74. The molecule has 1 saturated carbocycles. The van der Waals surface area contributed by atoms with Crippen molar-refractivity contribution in [2.45, 2.75) is 52.0 Å². The zero-order valence-corrected chi connectivity index (χ0v) is 15.4. The van der Waals surface area contributed by atoms with Gasteiger partial charge in [-0.2, -0.15) is 0 Å². The Labute approximate surface area is 142 Å². The van der Waals surface area contributed by atoms with Gasteiger partial charge in [-0.25, -0.2) is 0 Å². The molecule has 0 radical (unpaired) electrons. The molecule has 5 nitrogen and oxygen atoms in total. The van der Waals surface area contributed by atoms with Crippen LogP contribution >= 0.6 is 0 Å². The fraction of sp³-hybridized carbons (Fsp3) is 0.944. The highest BCUT2D eigenvalue weighted by Gasteiger charge is 2.27. The van der Waals surface area contributed by atoms with Crippen LogP contribution in [0.5, 0.6) is 0 Å². The maximum Gasteiger partial charge on any atom is 0.193 e. The van der Waals surface area contributed by atoms with Crippen LogP contribution in [0.25, 0.3) is 0 Å². The Bertz CT molecular complexity index is 351. The average Bonchev–Trinajstić information content (AvgIpc) is 3.41. The number of nitrogens with zero attached hydrogens (tertiary/aromatic N) is 3. The fourth-order valence-corrected chi connectivity index (χ4v) is 3.31. The normalized spacial score (nSPS) is 20.1. The zero-order chi connectivity index (χ0) is 16.5. The maximum absolute atomic E-state index is 5.45. The highest BCUT2D eigenvalue weighted by atomic mass is 16.5. The second kappa shape index (κ2) is 10.1. The summed E-state index contributed by atoms with van der Waals surface area (Å²) in [5.74, 6) is 1.88. The molecule has 2 fully saturated rings. The van der Waals surface area contributed by atoms with Crippen LogP contribution in [0.2, 0.25) is 0 Å². The number of hydrogen-bond donors (Lipinski definition) is 1. The Morgan fingerprint density at radius 1 is 1.13 bits per heavy atom. The minimum Gasteiger partial charge on any atom is -0.381 e. The molecule has 1 aliphatic heterocycles. The van der Waals surface area contributed by atoms with Gasteiger partial charge >= 0.3 is 0 Å². The van der Waals surface area contributed by atoms with Crippen LogP contribution in [0.3, 0.4) is 0 Å². The second-order valence-electron chi connectivity index (χ2n) is 6.86. The van der Waals surface area contributed by atoms with E-state index >= 15 is 0 Å². The molecule has 2 rings (SSSR count). The van der Waals surface area contributed by atoms with E-state index in [2.05, 4.69) is 36.0 Å². The van der Waals surface area contributed by atoms with E-state index in [-0.39, 0.29) is 0 Å². The lowest BCUT2D eigenvalue weighted by Crippen LogP contribution is -2.40. The van der Waals surface area contributed by atoms with Crippen molar-refractivity contribution in [1.29, 1.82) is 0 Å². The van der Waals surface area contributed by atoms with Crippen molar-refractivity contribution in [3.63, 3.8) is 0 Å². The lowest BCUT2D eigenvalue weighted by molar-refractivity contribution is 0.0625. The first-order chi connectivity index (χ1) is 11.2. The van der Waals surface area contributed by atoms with Crippen LogP contribution in [0.1, 0.15) is 46.0 Å². The predicted octanol–water partition coefficient (Wildman–Crippen LogP) is 2.18. The molecule has 1 aliphatic carbocycles. The van der Waals surface area contributed by atoms with Crippen molar-refractivity contribution in [3.8, 4) is 0 Å². The number of hydrogen-bond acceptors (Lipinski definition) is 3. The number of ether oxygens (including phenoxy) is 1. The summed E-state index contributed by atoms with van der Waals surface area (Å²) < 4.78 is 5.45. The first-order valence-corrected chi connectivity index (χ1v) is 9.55. The summed E-state index contributed by atoms with van der Waals surface area (Å²) in [7, 11) is 2.17. The van der Waals surface area contributed by atoms with Crippen LogP contribution < -0.4 is 5.32 Å². The molecule has 0 aromatic rings. The van der Waals surface area contributed by atoms with Gasteiger partial charge in [0.2, 0.25) is 0 Å². The predicted molar refractivity (Wildman–Crippen MR) is 97.0 cm³/mol. The first-order valence-electron chi connectivity index (χ1n) is 9.55. The van der Waals surface area contributed by atoms with Crippen molar-refractivity contribution in [1.82, 2.24) is 15.1 Å². The van der Waals surface area contributed by atoms with Gasteiger partial charge in [-0.1, -0.05) is 6.92 Å². The van der Waals surface area contributed by atoms with E-state index < -0.39 is 0 Å². The standard InChI is InChI=1S/C18H36N4O/c1-4-19-18(20-11-13-22(5-2)17-6-7-17)21(3)12-8-16-9-14-23-15-10-16/h16-17H,4-15H2,1-3H3,(H,19,20). The fourth-order valence-electron chi connectivity index (χ4n) is 3.31. The van der Waals surface area contributed by atoms with E-state index in [0.29, 0.717) is 0 Å². The molecule has 5 heteroatoms. The zero-order valence-electron chi connectivity index (χ0n) is 15.4. The minimum absolute atomic E-state index is 0.819. The van der Waals surface area contributed by atoms with Crippen LogP contribution in [0.4, 0.5) is 0 Å². The van der Waals surface area contributed by atoms with Gasteiger partial charge in [0.15, 0.2) is 5.96 Å². The molecule has 1 heterocycles. The Morgan fingerprint density at radius 2 is 1.87 bits per heavy atom. The molecular weight excluding hydrogens is 288 g/mol. The summed E-state index contributed by atoms with van der Waals surface area (Å²) in [6, 6.07) is 0.837. The molecule has 0 amide bonds. The number of nitrogens with one attached hydrogen (secondary N) is 1. The van der Waals surface area contributed by atoms with Crippen molar-refractivity contribution in [3.05, 3.63) is 0 Å². The van der Waals surface area contributed by atoms with Gasteiger partial charge in [0.25, 0.3) is 0 Å². The highest BCUT2D eigenvalue weighted by Crippen LogP contribution is 2.26. The van der Waals surface area contributed by atoms with Crippen LogP contribution in [-0.4, -0.2) is 74.8 Å². The molecule has 23 heavy (non-hydrogen) atoms. The van der Waals surface area contributed by atoms with Gasteiger partial charge in [-0.15, -0.1) is 0 Å². The molecule has 2 aliphatic rings. The maximum atomic E-state index is 5.45. The van der Waals surface area contributed by atoms with Gasteiger partial charge in [-0.3, -0.25) is 9.89 Å².